The van der Waals surface area contributed by atoms with Crippen LogP contribution in [0.1, 0.15) is 53.0 Å². The molecule has 4 heterocycles. The number of benzene rings is 1. The molecule has 10 nitrogen and oxygen atoms in total. The van der Waals surface area contributed by atoms with Crippen molar-refractivity contribution in [2.75, 3.05) is 29.9 Å². The molecule has 13 heteroatoms. The van der Waals surface area contributed by atoms with E-state index in [9.17, 15) is 33.0 Å². The molecule has 2 aromatic heterocycles. The topological polar surface area (TPSA) is 123 Å². The van der Waals surface area contributed by atoms with Gasteiger partial charge in [-0.25, -0.2) is 22.7 Å². The molecule has 2 atom stereocenters. The van der Waals surface area contributed by atoms with E-state index in [2.05, 4.69) is 15.4 Å². The zero-order valence-electron chi connectivity index (χ0n) is 22.1. The number of piperidine rings is 1. The summed E-state index contributed by atoms with van der Waals surface area (Å²) in [5.74, 6) is -1.46. The Morgan fingerprint density at radius 3 is 2.62 bits per heavy atom. The summed E-state index contributed by atoms with van der Waals surface area (Å²) in [5, 5.41) is 26.9. The molecule has 0 radical (unpaired) electrons. The first-order valence-electron chi connectivity index (χ1n) is 13.1. The number of halogens is 3. The Morgan fingerprint density at radius 1 is 1.23 bits per heavy atom. The number of hydrogen-bond acceptors (Lipinski definition) is 7. The van der Waals surface area contributed by atoms with Crippen LogP contribution in [0.15, 0.2) is 36.8 Å². The maximum absolute atomic E-state index is 14.6. The Balaban J connectivity index is 1.45. The maximum Gasteiger partial charge on any atom is 0.264 e. The van der Waals surface area contributed by atoms with Crippen molar-refractivity contribution in [2.45, 2.75) is 57.5 Å². The predicted molar refractivity (Wildman–Crippen MR) is 140 cm³/mol. The fourth-order valence-electron chi connectivity index (χ4n) is 5.20. The van der Waals surface area contributed by atoms with Gasteiger partial charge in [0, 0.05) is 37.6 Å². The van der Waals surface area contributed by atoms with Crippen LogP contribution >= 0.6 is 0 Å². The fraction of sp³-hybridized carbons (Fsp3) is 0.481. The molecule has 0 bridgehead atoms. The predicted octanol–water partition coefficient (Wildman–Crippen LogP) is 2.89. The highest BCUT2D eigenvalue weighted by molar-refractivity contribution is 6.10. The maximum atomic E-state index is 14.6. The van der Waals surface area contributed by atoms with Crippen LogP contribution in [0.4, 0.5) is 24.5 Å². The molecule has 0 saturated carbocycles. The molecule has 1 aromatic carbocycles. The quantitative estimate of drug-likeness (QED) is 0.387. The van der Waals surface area contributed by atoms with E-state index < -0.39 is 42.0 Å². The average molecular weight is 561 g/mol. The van der Waals surface area contributed by atoms with Gasteiger partial charge in [0.1, 0.15) is 17.8 Å². The van der Waals surface area contributed by atoms with Crippen molar-refractivity contribution in [3.05, 3.63) is 53.5 Å². The van der Waals surface area contributed by atoms with Gasteiger partial charge in [-0.1, -0.05) is 0 Å². The number of carbonyl (C=O) groups excluding carboxylic acids is 2. The van der Waals surface area contributed by atoms with Gasteiger partial charge in [0.2, 0.25) is 0 Å². The van der Waals surface area contributed by atoms with E-state index in [4.69, 9.17) is 0 Å². The summed E-state index contributed by atoms with van der Waals surface area (Å²) in [6, 6.07) is 4.97. The van der Waals surface area contributed by atoms with E-state index >= 15 is 0 Å². The molecule has 3 N–H and O–H groups in total. The Morgan fingerprint density at radius 2 is 1.95 bits per heavy atom. The van der Waals surface area contributed by atoms with Crippen LogP contribution in [-0.2, 0) is 6.54 Å². The lowest BCUT2D eigenvalue weighted by atomic mass is 9.91. The number of anilines is 2. The van der Waals surface area contributed by atoms with Gasteiger partial charge in [-0.3, -0.25) is 9.59 Å². The van der Waals surface area contributed by atoms with Crippen molar-refractivity contribution in [3.63, 3.8) is 0 Å². The van der Waals surface area contributed by atoms with Crippen molar-refractivity contribution in [3.8, 4) is 0 Å². The van der Waals surface area contributed by atoms with Gasteiger partial charge in [-0.05, 0) is 56.4 Å². The van der Waals surface area contributed by atoms with E-state index in [1.807, 2.05) is 4.90 Å². The standard InChI is InChI=1S/C27H31F3N6O4/c1-27(2,40)21(28)14-35-13-16-10-19(33-25(38)18-12-32-36-7-3-6-31-24(18)36)20(11-17(16)26(35)39)34-8-4-15(5-9-34)22(37)23(29)30/h3,6-7,10-12,15,21-23,37,40H,4-5,8-9,13-14H2,1-2H3,(H,33,38). The molecule has 2 aliphatic rings. The van der Waals surface area contributed by atoms with Crippen LogP contribution in [-0.4, -0.2) is 85.5 Å². The summed E-state index contributed by atoms with van der Waals surface area (Å²) in [4.78, 5) is 33.9. The van der Waals surface area contributed by atoms with Crippen molar-refractivity contribution in [1.29, 1.82) is 0 Å². The highest BCUT2D eigenvalue weighted by atomic mass is 19.3. The second kappa shape index (κ2) is 10.7. The van der Waals surface area contributed by atoms with E-state index in [1.54, 1.807) is 30.6 Å². The zero-order valence-corrected chi connectivity index (χ0v) is 22.1. The number of fused-ring (bicyclic) bond motifs is 2. The number of carbonyl (C=O) groups is 2. The van der Waals surface area contributed by atoms with E-state index in [0.29, 0.717) is 54.1 Å². The molecule has 1 saturated heterocycles. The number of rotatable bonds is 8. The van der Waals surface area contributed by atoms with Gasteiger partial charge in [0.25, 0.3) is 18.2 Å². The Hall–Kier alpha value is -3.71. The Bertz CT molecular complexity index is 1420. The van der Waals surface area contributed by atoms with Gasteiger partial charge in [-0.2, -0.15) is 5.10 Å². The molecule has 1 fully saturated rings. The Labute approximate surface area is 228 Å². The highest BCUT2D eigenvalue weighted by Crippen LogP contribution is 2.38. The third kappa shape index (κ3) is 5.35. The monoisotopic (exact) mass is 560 g/mol. The van der Waals surface area contributed by atoms with Crippen molar-refractivity contribution in [2.24, 2.45) is 5.92 Å². The van der Waals surface area contributed by atoms with Crippen LogP contribution in [0, 0.1) is 5.92 Å². The average Bonchev–Trinajstić information content (AvgIpc) is 3.48. The number of alkyl halides is 3. The number of nitrogens with zero attached hydrogens (tertiary/aromatic N) is 5. The van der Waals surface area contributed by atoms with Gasteiger partial charge in [0.05, 0.1) is 29.7 Å². The number of amides is 2. The van der Waals surface area contributed by atoms with Crippen molar-refractivity contribution >= 4 is 28.8 Å². The van der Waals surface area contributed by atoms with E-state index in [-0.39, 0.29) is 18.7 Å². The molecular weight excluding hydrogens is 529 g/mol. The van der Waals surface area contributed by atoms with Crippen LogP contribution in [0.3, 0.4) is 0 Å². The van der Waals surface area contributed by atoms with Gasteiger partial charge in [0.15, 0.2) is 5.65 Å². The van der Waals surface area contributed by atoms with Crippen LogP contribution < -0.4 is 10.2 Å². The lowest BCUT2D eigenvalue weighted by Gasteiger charge is -2.36. The zero-order chi connectivity index (χ0) is 28.8. The Kier molecular flexibility index (Phi) is 7.44. The first-order chi connectivity index (χ1) is 18.9. The van der Waals surface area contributed by atoms with Gasteiger partial charge in [-0.15, -0.1) is 0 Å². The molecule has 0 aliphatic carbocycles. The van der Waals surface area contributed by atoms with Gasteiger partial charge < -0.3 is 25.3 Å². The van der Waals surface area contributed by atoms with Crippen molar-refractivity contribution in [1.82, 2.24) is 19.5 Å². The largest absolute Gasteiger partial charge is 0.387 e. The molecule has 0 spiro atoms. The van der Waals surface area contributed by atoms with E-state index in [0.717, 1.165) is 0 Å². The number of aromatic nitrogens is 3. The summed E-state index contributed by atoms with van der Waals surface area (Å²) < 4.78 is 42.2. The molecule has 2 amide bonds. The SMILES string of the molecule is CC(C)(O)C(F)CN1Cc2cc(NC(=O)c3cnn4cccnc34)c(N3CCC(C(O)C(F)F)CC3)cc2C1=O. The highest BCUT2D eigenvalue weighted by Gasteiger charge is 2.37. The third-order valence-corrected chi connectivity index (χ3v) is 7.64. The smallest absolute Gasteiger partial charge is 0.264 e. The lowest BCUT2D eigenvalue weighted by molar-refractivity contribution is -0.0441. The minimum atomic E-state index is -2.84. The summed E-state index contributed by atoms with van der Waals surface area (Å²) in [5.41, 5.74) is 0.767. The summed E-state index contributed by atoms with van der Waals surface area (Å²) in [7, 11) is 0. The second-order valence-electron chi connectivity index (χ2n) is 10.9. The number of nitrogens with one attached hydrogen (secondary N) is 1. The lowest BCUT2D eigenvalue weighted by Crippen LogP contribution is -2.42. The van der Waals surface area contributed by atoms with E-state index in [1.165, 1.54) is 29.5 Å². The second-order valence-corrected chi connectivity index (χ2v) is 10.9. The summed E-state index contributed by atoms with van der Waals surface area (Å²) in [6.07, 6.45) is -1.05. The third-order valence-electron chi connectivity index (χ3n) is 7.64. The number of aliphatic hydroxyl groups is 2. The fourth-order valence-corrected chi connectivity index (χ4v) is 5.20. The van der Waals surface area contributed by atoms with Gasteiger partial charge >= 0.3 is 0 Å². The minimum absolute atomic E-state index is 0.0920. The van der Waals surface area contributed by atoms with Crippen molar-refractivity contribution < 1.29 is 33.0 Å². The normalized spacial score (nSPS) is 17.9. The van der Waals surface area contributed by atoms with Crippen LogP contribution in [0.2, 0.25) is 0 Å². The first-order valence-corrected chi connectivity index (χ1v) is 13.1. The molecule has 5 rings (SSSR count). The first kappa shape index (κ1) is 27.8. The summed E-state index contributed by atoms with van der Waals surface area (Å²) in [6.45, 7) is 3.09. The minimum Gasteiger partial charge on any atom is -0.387 e. The molecule has 2 aliphatic heterocycles. The molecule has 2 unspecified atom stereocenters. The molecule has 214 valence electrons. The molecular formula is C27H31F3N6O4. The number of aliphatic hydroxyl groups excluding tert-OH is 1. The molecule has 3 aromatic rings. The number of hydrogen-bond donors (Lipinski definition) is 3. The summed E-state index contributed by atoms with van der Waals surface area (Å²) >= 11 is 0. The van der Waals surface area contributed by atoms with Crippen LogP contribution in [0.5, 0.6) is 0 Å². The van der Waals surface area contributed by atoms with Crippen LogP contribution in [0.25, 0.3) is 5.65 Å². The molecule has 40 heavy (non-hydrogen) atoms.